The molecule has 0 spiro atoms. The van der Waals surface area contributed by atoms with Crippen LogP contribution in [-0.4, -0.2) is 4.98 Å². The maximum Gasteiger partial charge on any atom is 0.264 e. The second-order valence-electron chi connectivity index (χ2n) is 3.65. The molecule has 0 saturated heterocycles. The van der Waals surface area contributed by atoms with E-state index in [1.54, 1.807) is 12.3 Å². The third kappa shape index (κ3) is 1.20. The molecule has 0 saturated carbocycles. The monoisotopic (exact) mass is 214 g/mol. The predicted molar refractivity (Wildman–Crippen MR) is 60.9 cm³/mol. The molecule has 3 rings (SSSR count). The molecule has 16 heavy (non-hydrogen) atoms. The van der Waals surface area contributed by atoms with Crippen molar-refractivity contribution in [3.63, 3.8) is 0 Å². The van der Waals surface area contributed by atoms with Gasteiger partial charge in [-0.2, -0.15) is 0 Å². The average molecular weight is 214 g/mol. The highest BCUT2D eigenvalue weighted by Gasteiger charge is 2.14. The average Bonchev–Trinajstić information content (AvgIpc) is 2.84. The van der Waals surface area contributed by atoms with Crippen LogP contribution in [0.4, 0.5) is 5.69 Å². The lowest BCUT2D eigenvalue weighted by Gasteiger charge is -1.89. The van der Waals surface area contributed by atoms with Gasteiger partial charge in [0.2, 0.25) is 0 Å². The maximum absolute atomic E-state index is 5.81. The summed E-state index contributed by atoms with van der Waals surface area (Å²) in [6.07, 6.45) is 1.61. The van der Waals surface area contributed by atoms with Gasteiger partial charge in [-0.1, -0.05) is 6.07 Å². The van der Waals surface area contributed by atoms with Crippen molar-refractivity contribution in [3.8, 4) is 11.7 Å². The zero-order chi connectivity index (χ0) is 11.1. The Morgan fingerprint density at radius 3 is 2.81 bits per heavy atom. The van der Waals surface area contributed by atoms with Crippen LogP contribution in [0.1, 0.15) is 5.56 Å². The van der Waals surface area contributed by atoms with Crippen LogP contribution < -0.4 is 5.73 Å². The fourth-order valence-electron chi connectivity index (χ4n) is 1.66. The quantitative estimate of drug-likeness (QED) is 0.632. The third-order valence-electron chi connectivity index (χ3n) is 2.51. The van der Waals surface area contributed by atoms with E-state index in [0.717, 1.165) is 5.56 Å². The predicted octanol–water partition coefficient (Wildman–Crippen LogP) is 2.98. The number of anilines is 1. The van der Waals surface area contributed by atoms with Crippen molar-refractivity contribution < 1.29 is 8.83 Å². The summed E-state index contributed by atoms with van der Waals surface area (Å²) in [7, 11) is 0. The van der Waals surface area contributed by atoms with Gasteiger partial charge in [-0.05, 0) is 25.1 Å². The van der Waals surface area contributed by atoms with Gasteiger partial charge in [0, 0.05) is 5.56 Å². The number of aryl methyl sites for hydroxylation is 1. The molecule has 0 aliphatic rings. The first-order valence-electron chi connectivity index (χ1n) is 4.95. The van der Waals surface area contributed by atoms with Gasteiger partial charge < -0.3 is 14.6 Å². The molecule has 0 radical (unpaired) electrons. The SMILES string of the molecule is Cc1ccoc1-c1nc2c(N)cccc2o1. The molecule has 2 heterocycles. The topological polar surface area (TPSA) is 65.2 Å². The van der Waals surface area contributed by atoms with Crippen molar-refractivity contribution in [1.82, 2.24) is 4.98 Å². The van der Waals surface area contributed by atoms with E-state index in [2.05, 4.69) is 4.98 Å². The number of oxazole rings is 1. The largest absolute Gasteiger partial charge is 0.459 e. The lowest BCUT2D eigenvalue weighted by atomic mass is 10.3. The Kier molecular flexibility index (Phi) is 1.77. The molecule has 0 aliphatic heterocycles. The Bertz CT molecular complexity index is 652. The van der Waals surface area contributed by atoms with Crippen LogP contribution in [0.5, 0.6) is 0 Å². The zero-order valence-corrected chi connectivity index (χ0v) is 8.73. The molecule has 0 aliphatic carbocycles. The van der Waals surface area contributed by atoms with Crippen LogP contribution in [-0.2, 0) is 0 Å². The summed E-state index contributed by atoms with van der Waals surface area (Å²) in [5, 5.41) is 0. The molecule has 0 unspecified atom stereocenters. The van der Waals surface area contributed by atoms with Crippen molar-refractivity contribution in [2.75, 3.05) is 5.73 Å². The summed E-state index contributed by atoms with van der Waals surface area (Å²) in [5.74, 6) is 1.12. The molecule has 1 aromatic carbocycles. The Balaban J connectivity index is 2.27. The van der Waals surface area contributed by atoms with E-state index < -0.39 is 0 Å². The van der Waals surface area contributed by atoms with Crippen LogP contribution in [0.25, 0.3) is 22.8 Å². The minimum absolute atomic E-state index is 0.468. The highest BCUT2D eigenvalue weighted by molar-refractivity contribution is 5.86. The number of hydrogen-bond acceptors (Lipinski definition) is 4. The lowest BCUT2D eigenvalue weighted by molar-refractivity contribution is 0.533. The summed E-state index contributed by atoms with van der Waals surface area (Å²) < 4.78 is 10.9. The van der Waals surface area contributed by atoms with Crippen LogP contribution in [0.2, 0.25) is 0 Å². The van der Waals surface area contributed by atoms with Gasteiger partial charge in [-0.3, -0.25) is 0 Å². The van der Waals surface area contributed by atoms with Crippen LogP contribution in [0, 0.1) is 6.92 Å². The molecule has 0 atom stereocenters. The van der Waals surface area contributed by atoms with E-state index in [-0.39, 0.29) is 0 Å². The molecule has 0 bridgehead atoms. The minimum Gasteiger partial charge on any atom is -0.459 e. The first kappa shape index (κ1) is 9.03. The number of aromatic nitrogens is 1. The number of benzene rings is 1. The van der Waals surface area contributed by atoms with Crippen molar-refractivity contribution in [2.24, 2.45) is 0 Å². The Morgan fingerprint density at radius 2 is 2.12 bits per heavy atom. The minimum atomic E-state index is 0.468. The maximum atomic E-state index is 5.81. The summed E-state index contributed by atoms with van der Waals surface area (Å²) in [6, 6.07) is 7.33. The van der Waals surface area contributed by atoms with E-state index in [1.165, 1.54) is 0 Å². The zero-order valence-electron chi connectivity index (χ0n) is 8.73. The van der Waals surface area contributed by atoms with Crippen LogP contribution in [0.3, 0.4) is 0 Å². The molecule has 0 amide bonds. The standard InChI is InChI=1S/C12H10N2O2/c1-7-5-6-15-11(7)12-14-10-8(13)3-2-4-9(10)16-12/h2-6H,13H2,1H3. The number of nitrogens with zero attached hydrogens (tertiary/aromatic N) is 1. The molecule has 4 nitrogen and oxygen atoms in total. The van der Waals surface area contributed by atoms with E-state index in [0.29, 0.717) is 28.4 Å². The first-order valence-corrected chi connectivity index (χ1v) is 4.95. The number of hydrogen-bond donors (Lipinski definition) is 1. The van der Waals surface area contributed by atoms with E-state index >= 15 is 0 Å². The number of nitrogens with two attached hydrogens (primary N) is 1. The summed E-state index contributed by atoms with van der Waals surface area (Å²) >= 11 is 0. The molecule has 3 aromatic rings. The third-order valence-corrected chi connectivity index (χ3v) is 2.51. The second kappa shape index (κ2) is 3.13. The van der Waals surface area contributed by atoms with Crippen molar-refractivity contribution >= 4 is 16.8 Å². The summed E-state index contributed by atoms with van der Waals surface area (Å²) in [5.41, 5.74) is 8.75. The summed E-state index contributed by atoms with van der Waals surface area (Å²) in [4.78, 5) is 4.33. The molecule has 80 valence electrons. The van der Waals surface area contributed by atoms with Gasteiger partial charge in [0.25, 0.3) is 5.89 Å². The Labute approximate surface area is 91.7 Å². The van der Waals surface area contributed by atoms with Crippen LogP contribution in [0.15, 0.2) is 39.4 Å². The molecule has 2 N–H and O–H groups in total. The Morgan fingerprint density at radius 1 is 1.25 bits per heavy atom. The molecular weight excluding hydrogens is 204 g/mol. The van der Waals surface area contributed by atoms with E-state index in [1.807, 2.05) is 25.1 Å². The molecule has 0 fully saturated rings. The van der Waals surface area contributed by atoms with Gasteiger partial charge >= 0.3 is 0 Å². The number of fused-ring (bicyclic) bond motifs is 1. The number of rotatable bonds is 1. The molecule has 2 aromatic heterocycles. The fourth-order valence-corrected chi connectivity index (χ4v) is 1.66. The highest BCUT2D eigenvalue weighted by Crippen LogP contribution is 2.29. The first-order chi connectivity index (χ1) is 7.75. The van der Waals surface area contributed by atoms with Gasteiger partial charge in [-0.15, -0.1) is 0 Å². The van der Waals surface area contributed by atoms with Gasteiger partial charge in [0.15, 0.2) is 11.3 Å². The summed E-state index contributed by atoms with van der Waals surface area (Å²) in [6.45, 7) is 1.94. The van der Waals surface area contributed by atoms with Crippen molar-refractivity contribution in [2.45, 2.75) is 6.92 Å². The van der Waals surface area contributed by atoms with Crippen molar-refractivity contribution in [1.29, 1.82) is 0 Å². The molecular formula is C12H10N2O2. The van der Waals surface area contributed by atoms with Gasteiger partial charge in [-0.25, -0.2) is 4.98 Å². The van der Waals surface area contributed by atoms with E-state index in [9.17, 15) is 0 Å². The fraction of sp³-hybridized carbons (Fsp3) is 0.0833. The number of nitrogen functional groups attached to an aromatic ring is 1. The van der Waals surface area contributed by atoms with Gasteiger partial charge in [0.05, 0.1) is 12.0 Å². The smallest absolute Gasteiger partial charge is 0.264 e. The Hall–Kier alpha value is -2.23. The molecule has 4 heteroatoms. The lowest BCUT2D eigenvalue weighted by Crippen LogP contribution is -1.85. The van der Waals surface area contributed by atoms with E-state index in [4.69, 9.17) is 14.6 Å². The highest BCUT2D eigenvalue weighted by atomic mass is 16.4. The number of para-hydroxylation sites is 1. The van der Waals surface area contributed by atoms with Crippen molar-refractivity contribution in [3.05, 3.63) is 36.1 Å². The number of furan rings is 1. The second-order valence-corrected chi connectivity index (χ2v) is 3.65. The normalized spacial score (nSPS) is 11.1. The van der Waals surface area contributed by atoms with Gasteiger partial charge in [0.1, 0.15) is 5.52 Å². The van der Waals surface area contributed by atoms with Crippen LogP contribution >= 0.6 is 0 Å².